The van der Waals surface area contributed by atoms with Crippen molar-refractivity contribution in [3.05, 3.63) is 41.4 Å². The summed E-state index contributed by atoms with van der Waals surface area (Å²) in [5.41, 5.74) is 1.01. The molecule has 30 heavy (non-hydrogen) atoms. The Kier molecular flexibility index (Phi) is 4.75. The van der Waals surface area contributed by atoms with Gasteiger partial charge in [-0.3, -0.25) is 0 Å². The zero-order valence-electron chi connectivity index (χ0n) is 15.4. The van der Waals surface area contributed by atoms with Crippen LogP contribution in [0.2, 0.25) is 5.02 Å². The Morgan fingerprint density at radius 2 is 2.13 bits per heavy atom. The van der Waals surface area contributed by atoms with E-state index in [1.54, 1.807) is 0 Å². The number of nitrogens with zero attached hydrogens (tertiary/aromatic N) is 4. The third-order valence-corrected chi connectivity index (χ3v) is 5.60. The van der Waals surface area contributed by atoms with Crippen LogP contribution in [0.4, 0.5) is 30.5 Å². The fourth-order valence-electron chi connectivity index (χ4n) is 3.96. The van der Waals surface area contributed by atoms with Crippen molar-refractivity contribution < 1.29 is 17.9 Å². The molecule has 7 nitrogen and oxygen atoms in total. The number of nitrogens with one attached hydrogen (secondary N) is 2. The van der Waals surface area contributed by atoms with E-state index in [2.05, 4.69) is 30.2 Å². The Balaban J connectivity index is 1.48. The highest BCUT2D eigenvalue weighted by molar-refractivity contribution is 6.32. The molecule has 4 heterocycles. The Morgan fingerprint density at radius 3 is 2.87 bits per heavy atom. The van der Waals surface area contributed by atoms with Crippen LogP contribution in [0.5, 0.6) is 5.75 Å². The minimum absolute atomic E-state index is 0.0433. The van der Waals surface area contributed by atoms with Crippen molar-refractivity contribution >= 4 is 40.0 Å². The quantitative estimate of drug-likeness (QED) is 0.631. The summed E-state index contributed by atoms with van der Waals surface area (Å²) in [6.45, 7) is -1.32. The third-order valence-electron chi connectivity index (χ3n) is 5.31. The molecule has 0 aliphatic carbocycles. The average molecular weight is 437 g/mol. The number of pyridine rings is 1. The maximum atomic E-state index is 14.5. The minimum atomic E-state index is -3.11. The molecule has 1 aromatic carbocycles. The number of ether oxygens (including phenoxy) is 1. The number of aromatic nitrogens is 3. The van der Waals surface area contributed by atoms with Crippen LogP contribution >= 0.6 is 11.6 Å². The van der Waals surface area contributed by atoms with Crippen molar-refractivity contribution in [1.82, 2.24) is 20.3 Å². The lowest BCUT2D eigenvalue weighted by Crippen LogP contribution is -2.44. The van der Waals surface area contributed by atoms with Crippen LogP contribution in [0, 0.1) is 5.82 Å². The number of hydrogen-bond acceptors (Lipinski definition) is 7. The van der Waals surface area contributed by atoms with E-state index < -0.39 is 18.2 Å². The summed E-state index contributed by atoms with van der Waals surface area (Å²) in [4.78, 5) is 15.4. The zero-order valence-corrected chi connectivity index (χ0v) is 16.2. The van der Waals surface area contributed by atoms with Crippen LogP contribution in [0.3, 0.4) is 0 Å². The van der Waals surface area contributed by atoms with Gasteiger partial charge in [0.2, 0.25) is 0 Å². The molecule has 11 heteroatoms. The first-order valence-corrected chi connectivity index (χ1v) is 9.68. The molecule has 2 bridgehead atoms. The maximum absolute atomic E-state index is 14.5. The van der Waals surface area contributed by atoms with Crippen LogP contribution in [0.25, 0.3) is 11.0 Å². The Bertz CT molecular complexity index is 1120. The van der Waals surface area contributed by atoms with Crippen LogP contribution in [0.15, 0.2) is 30.6 Å². The van der Waals surface area contributed by atoms with E-state index in [9.17, 15) is 13.2 Å². The van der Waals surface area contributed by atoms with E-state index in [1.165, 1.54) is 6.33 Å². The molecule has 2 fully saturated rings. The number of rotatable bonds is 5. The van der Waals surface area contributed by atoms with Gasteiger partial charge in [0.05, 0.1) is 16.2 Å². The second-order valence-corrected chi connectivity index (χ2v) is 7.58. The number of halogens is 4. The van der Waals surface area contributed by atoms with Crippen LogP contribution in [-0.2, 0) is 0 Å². The summed E-state index contributed by atoms with van der Waals surface area (Å²) < 4.78 is 43.5. The lowest BCUT2D eigenvalue weighted by Gasteiger charge is -2.28. The second-order valence-electron chi connectivity index (χ2n) is 7.17. The van der Waals surface area contributed by atoms with Gasteiger partial charge in [-0.2, -0.15) is 8.78 Å². The van der Waals surface area contributed by atoms with Gasteiger partial charge in [0.1, 0.15) is 29.2 Å². The van der Waals surface area contributed by atoms with Gasteiger partial charge in [-0.15, -0.1) is 0 Å². The molecule has 2 atom stereocenters. The fraction of sp³-hybridized carbons (Fsp3) is 0.316. The van der Waals surface area contributed by atoms with E-state index in [0.29, 0.717) is 23.1 Å². The SMILES string of the molecule is Fc1cc(OC(F)F)c(Cl)cc1Nc1ncnc2ccc(N3C[C@@H]4C[C@H]3CN4)nc12. The van der Waals surface area contributed by atoms with Gasteiger partial charge in [0.15, 0.2) is 5.82 Å². The summed E-state index contributed by atoms with van der Waals surface area (Å²) in [7, 11) is 0. The van der Waals surface area contributed by atoms with E-state index in [-0.39, 0.29) is 16.5 Å². The van der Waals surface area contributed by atoms with Crippen LogP contribution in [-0.4, -0.2) is 46.7 Å². The third kappa shape index (κ3) is 3.46. The molecule has 0 saturated carbocycles. The van der Waals surface area contributed by atoms with Crippen LogP contribution in [0.1, 0.15) is 6.42 Å². The summed E-state index contributed by atoms with van der Waals surface area (Å²) in [6, 6.07) is 6.56. The molecule has 0 radical (unpaired) electrons. The zero-order chi connectivity index (χ0) is 20.8. The Hall–Kier alpha value is -2.85. The van der Waals surface area contributed by atoms with Gasteiger partial charge in [-0.05, 0) is 24.6 Å². The first-order chi connectivity index (χ1) is 14.5. The molecule has 2 saturated heterocycles. The van der Waals surface area contributed by atoms with Crippen molar-refractivity contribution in [2.75, 3.05) is 23.3 Å². The van der Waals surface area contributed by atoms with Gasteiger partial charge in [0.25, 0.3) is 0 Å². The number of benzene rings is 1. The van der Waals surface area contributed by atoms with Crippen molar-refractivity contribution in [2.24, 2.45) is 0 Å². The largest absolute Gasteiger partial charge is 0.433 e. The van der Waals surface area contributed by atoms with Crippen molar-refractivity contribution in [3.63, 3.8) is 0 Å². The van der Waals surface area contributed by atoms with E-state index >= 15 is 0 Å². The van der Waals surface area contributed by atoms with E-state index in [1.807, 2.05) is 12.1 Å². The summed E-state index contributed by atoms with van der Waals surface area (Å²) >= 11 is 5.95. The van der Waals surface area contributed by atoms with Gasteiger partial charge in [-0.1, -0.05) is 11.6 Å². The molecule has 0 amide bonds. The molecular formula is C19H16ClF3N6O. The van der Waals surface area contributed by atoms with Crippen molar-refractivity contribution in [1.29, 1.82) is 0 Å². The molecule has 2 aliphatic heterocycles. The second kappa shape index (κ2) is 7.44. The number of hydrogen-bond donors (Lipinski definition) is 2. The molecule has 156 valence electrons. The van der Waals surface area contributed by atoms with E-state index in [0.717, 1.165) is 37.5 Å². The molecule has 2 N–H and O–H groups in total. The monoisotopic (exact) mass is 436 g/mol. The highest BCUT2D eigenvalue weighted by Crippen LogP contribution is 2.34. The summed E-state index contributed by atoms with van der Waals surface area (Å²) in [5.74, 6) is -0.184. The first-order valence-electron chi connectivity index (χ1n) is 9.30. The Labute approximate surface area is 174 Å². The highest BCUT2D eigenvalue weighted by Gasteiger charge is 2.38. The lowest BCUT2D eigenvalue weighted by molar-refractivity contribution is -0.0499. The standard InChI is InChI=1S/C19H16ClF3N6O/c20-11-4-14(12(21)5-15(11)30-19(22)23)27-18-17-13(25-8-26-18)1-2-16(28-17)29-7-9-3-10(29)6-24-9/h1-2,4-5,8-10,19,24H,3,6-7H2,(H,25,26,27)/t9-,10-/m0/s1. The smallest absolute Gasteiger partial charge is 0.387 e. The number of piperazine rings is 1. The van der Waals surface area contributed by atoms with Crippen molar-refractivity contribution in [2.45, 2.75) is 25.1 Å². The first kappa shape index (κ1) is 19.1. The van der Waals surface area contributed by atoms with Crippen molar-refractivity contribution in [3.8, 4) is 5.75 Å². The fourth-order valence-corrected chi connectivity index (χ4v) is 4.17. The van der Waals surface area contributed by atoms with Gasteiger partial charge < -0.3 is 20.3 Å². The molecule has 2 aliphatic rings. The molecule has 0 unspecified atom stereocenters. The predicted molar refractivity (Wildman–Crippen MR) is 106 cm³/mol. The molecule has 5 rings (SSSR count). The summed E-state index contributed by atoms with van der Waals surface area (Å²) in [6.07, 6.45) is 2.41. The van der Waals surface area contributed by atoms with Gasteiger partial charge >= 0.3 is 6.61 Å². The molecule has 3 aromatic rings. The normalized spacial score (nSPS) is 20.4. The highest BCUT2D eigenvalue weighted by atomic mass is 35.5. The number of fused-ring (bicyclic) bond motifs is 3. The van der Waals surface area contributed by atoms with E-state index in [4.69, 9.17) is 16.6 Å². The average Bonchev–Trinajstić information content (AvgIpc) is 3.35. The molecule has 2 aromatic heterocycles. The maximum Gasteiger partial charge on any atom is 0.387 e. The van der Waals surface area contributed by atoms with Crippen LogP contribution < -0.4 is 20.3 Å². The predicted octanol–water partition coefficient (Wildman–Crippen LogP) is 3.71. The van der Waals surface area contributed by atoms with Gasteiger partial charge in [-0.25, -0.2) is 19.3 Å². The minimum Gasteiger partial charge on any atom is -0.433 e. The summed E-state index contributed by atoms with van der Waals surface area (Å²) in [5, 5.41) is 6.13. The molecular weight excluding hydrogens is 421 g/mol. The lowest BCUT2D eigenvalue weighted by atomic mass is 10.2. The number of alkyl halides is 2. The number of anilines is 3. The Morgan fingerprint density at radius 1 is 1.27 bits per heavy atom. The molecule has 0 spiro atoms. The van der Waals surface area contributed by atoms with Gasteiger partial charge in [0, 0.05) is 31.2 Å². The topological polar surface area (TPSA) is 75.2 Å².